The van der Waals surface area contributed by atoms with Gasteiger partial charge in [0, 0.05) is 22.3 Å². The monoisotopic (exact) mass is 1100 g/mol. The lowest BCUT2D eigenvalue weighted by atomic mass is 9.95. The van der Waals surface area contributed by atoms with Crippen LogP contribution >= 0.6 is 0 Å². The summed E-state index contributed by atoms with van der Waals surface area (Å²) in [5.41, 5.74) is 18.6. The molecule has 0 unspecified atom stereocenters. The van der Waals surface area contributed by atoms with Gasteiger partial charge in [-0.2, -0.15) is 0 Å². The first kappa shape index (κ1) is 52.4. The highest BCUT2D eigenvalue weighted by atomic mass is 16.1. The minimum atomic E-state index is -0.602. The molecule has 404 valence electrons. The largest absolute Gasteiger partial charge is 0.281 e. The third kappa shape index (κ3) is 11.3. The average Bonchev–Trinajstić information content (AvgIpc) is 3.31. The molecule has 0 fully saturated rings. The molecule has 0 radical (unpaired) electrons. The molecular formula is C79H52N6O. The van der Waals surface area contributed by atoms with Gasteiger partial charge in [-0.1, -0.05) is 243 Å². The minimum absolute atomic E-state index is 0.128. The fourth-order valence-electron chi connectivity index (χ4n) is 11.0. The lowest BCUT2D eigenvalue weighted by Gasteiger charge is -2.14. The third-order valence-electron chi connectivity index (χ3n) is 15.3. The van der Waals surface area contributed by atoms with Crippen LogP contribution in [0.2, 0.25) is 0 Å². The number of aromatic nitrogens is 6. The van der Waals surface area contributed by atoms with Gasteiger partial charge in [0.1, 0.15) is 0 Å². The highest BCUT2D eigenvalue weighted by Gasteiger charge is 2.25. The Kier molecular flexibility index (Phi) is 14.4. The van der Waals surface area contributed by atoms with E-state index in [1.807, 2.05) is 146 Å². The first-order chi connectivity index (χ1) is 42.5. The van der Waals surface area contributed by atoms with Crippen molar-refractivity contribution >= 4 is 5.78 Å². The fraction of sp³-hybridized carbons (Fsp3) is 0. The van der Waals surface area contributed by atoms with E-state index in [1.54, 1.807) is 0 Å². The summed E-state index contributed by atoms with van der Waals surface area (Å²) in [6.07, 6.45) is 0. The van der Waals surface area contributed by atoms with Crippen LogP contribution in [-0.4, -0.2) is 35.7 Å². The Balaban J connectivity index is 1.02. The number of hydrogen-bond acceptors (Lipinski definition) is 7. The Bertz CT molecular complexity index is 3900. The molecule has 14 rings (SSSR count). The molecule has 2 heterocycles. The molecule has 2 aromatic heterocycles. The Labute approximate surface area is 499 Å². The summed E-state index contributed by atoms with van der Waals surface area (Å²) < 4.78 is 0. The maximum Gasteiger partial charge on any atom is 0.267 e. The molecule has 86 heavy (non-hydrogen) atoms. The lowest BCUT2D eigenvalue weighted by Crippen LogP contribution is -2.15. The number of nitrogens with zero attached hydrogens (tertiary/aromatic N) is 6. The maximum absolute atomic E-state index is 16.2. The molecule has 7 heteroatoms. The topological polar surface area (TPSA) is 94.4 Å². The number of hydrogen-bond donors (Lipinski definition) is 0. The molecule has 0 spiro atoms. The Morgan fingerprint density at radius 1 is 0.163 bits per heavy atom. The molecule has 0 N–H and O–H groups in total. The molecule has 7 nitrogen and oxygen atoms in total. The standard InChI is InChI=1S/C79H52N6O/c86-73(78-82-74(69-45-61(53-25-9-1-10-26-53)41-62(46-69)54-27-11-2-12-28-54)80-75(83-78)70-47-63(55-29-13-3-14-30-55)42-64(48-70)56-31-15-4-16-32-56)79-84-76(71-49-65(57-33-17-5-18-34-57)43-66(50-71)58-35-19-6-20-36-58)81-77(85-79)72-51-67(59-37-21-7-22-38-59)44-68(52-72)60-39-23-8-24-40-60/h1-52H. The van der Waals surface area contributed by atoms with Crippen LogP contribution in [-0.2, 0) is 0 Å². The maximum atomic E-state index is 16.2. The van der Waals surface area contributed by atoms with Gasteiger partial charge in [-0.05, 0) is 162 Å². The third-order valence-corrected chi connectivity index (χ3v) is 15.3. The summed E-state index contributed by atoms with van der Waals surface area (Å²) >= 11 is 0. The van der Waals surface area contributed by atoms with Crippen molar-refractivity contribution in [2.45, 2.75) is 0 Å². The second-order valence-electron chi connectivity index (χ2n) is 21.1. The summed E-state index contributed by atoms with van der Waals surface area (Å²) in [5, 5.41) is 0. The van der Waals surface area contributed by atoms with Crippen LogP contribution in [0, 0.1) is 0 Å². The van der Waals surface area contributed by atoms with Gasteiger partial charge in [0.05, 0.1) is 0 Å². The van der Waals surface area contributed by atoms with Gasteiger partial charge in [-0.15, -0.1) is 0 Å². The van der Waals surface area contributed by atoms with Crippen molar-refractivity contribution < 1.29 is 4.79 Å². The summed E-state index contributed by atoms with van der Waals surface area (Å²) in [6.45, 7) is 0. The van der Waals surface area contributed by atoms with E-state index < -0.39 is 5.78 Å². The molecule has 0 saturated heterocycles. The molecule has 0 aliphatic rings. The molecule has 0 atom stereocenters. The smallest absolute Gasteiger partial charge is 0.267 e. The van der Waals surface area contributed by atoms with Crippen LogP contribution in [0.25, 0.3) is 135 Å². The van der Waals surface area contributed by atoms with Crippen LogP contribution < -0.4 is 0 Å². The zero-order valence-electron chi connectivity index (χ0n) is 46.6. The quantitative estimate of drug-likeness (QED) is 0.100. The van der Waals surface area contributed by atoms with E-state index >= 15 is 4.79 Å². The van der Waals surface area contributed by atoms with Gasteiger partial charge in [0.15, 0.2) is 23.3 Å². The molecule has 0 bridgehead atoms. The van der Waals surface area contributed by atoms with E-state index in [0.717, 1.165) is 89.0 Å². The van der Waals surface area contributed by atoms with E-state index in [1.165, 1.54) is 0 Å². The van der Waals surface area contributed by atoms with Gasteiger partial charge < -0.3 is 0 Å². The number of carbonyl (C=O) groups excluding carboxylic acids is 1. The van der Waals surface area contributed by atoms with Crippen molar-refractivity contribution in [2.75, 3.05) is 0 Å². The zero-order valence-corrected chi connectivity index (χ0v) is 46.6. The van der Waals surface area contributed by atoms with Gasteiger partial charge in [-0.25, -0.2) is 29.9 Å². The van der Waals surface area contributed by atoms with Crippen LogP contribution in [0.15, 0.2) is 315 Å². The van der Waals surface area contributed by atoms with E-state index in [0.29, 0.717) is 45.6 Å². The Morgan fingerprint density at radius 2 is 0.302 bits per heavy atom. The zero-order chi connectivity index (χ0) is 57.6. The van der Waals surface area contributed by atoms with Gasteiger partial charge in [0.25, 0.3) is 5.78 Å². The van der Waals surface area contributed by atoms with Crippen LogP contribution in [0.5, 0.6) is 0 Å². The summed E-state index contributed by atoms with van der Waals surface area (Å²) in [5.74, 6) is 0.366. The van der Waals surface area contributed by atoms with Gasteiger partial charge in [-0.3, -0.25) is 4.79 Å². The number of carbonyl (C=O) groups is 1. The minimum Gasteiger partial charge on any atom is -0.281 e. The second kappa shape index (κ2) is 23.7. The molecule has 0 saturated carbocycles. The van der Waals surface area contributed by atoms with Crippen molar-refractivity contribution in [2.24, 2.45) is 0 Å². The molecular weight excluding hydrogens is 1050 g/mol. The molecule has 0 amide bonds. The fourth-order valence-corrected chi connectivity index (χ4v) is 11.0. The first-order valence-corrected chi connectivity index (χ1v) is 28.6. The van der Waals surface area contributed by atoms with Gasteiger partial charge in [0.2, 0.25) is 11.6 Å². The van der Waals surface area contributed by atoms with Crippen LogP contribution in [0.3, 0.4) is 0 Å². The van der Waals surface area contributed by atoms with Crippen molar-refractivity contribution in [3.63, 3.8) is 0 Å². The highest BCUT2D eigenvalue weighted by Crippen LogP contribution is 2.38. The molecule has 0 aliphatic heterocycles. The Hall–Kier alpha value is -11.7. The van der Waals surface area contributed by atoms with E-state index in [2.05, 4.69) is 170 Å². The Morgan fingerprint density at radius 3 is 0.453 bits per heavy atom. The number of ketones is 1. The van der Waals surface area contributed by atoms with E-state index in [-0.39, 0.29) is 11.6 Å². The van der Waals surface area contributed by atoms with Crippen LogP contribution in [0.1, 0.15) is 16.4 Å². The second-order valence-corrected chi connectivity index (χ2v) is 21.1. The van der Waals surface area contributed by atoms with Crippen molar-refractivity contribution in [3.8, 4) is 135 Å². The highest BCUT2D eigenvalue weighted by molar-refractivity contribution is 6.05. The predicted octanol–water partition coefficient (Wildman–Crippen LogP) is 19.3. The van der Waals surface area contributed by atoms with E-state index in [9.17, 15) is 0 Å². The van der Waals surface area contributed by atoms with Gasteiger partial charge >= 0.3 is 0 Å². The molecule has 14 aromatic rings. The number of benzene rings is 12. The van der Waals surface area contributed by atoms with E-state index in [4.69, 9.17) is 29.9 Å². The molecule has 0 aliphatic carbocycles. The van der Waals surface area contributed by atoms with Crippen molar-refractivity contribution in [1.29, 1.82) is 0 Å². The first-order valence-electron chi connectivity index (χ1n) is 28.6. The van der Waals surface area contributed by atoms with Crippen molar-refractivity contribution in [1.82, 2.24) is 29.9 Å². The van der Waals surface area contributed by atoms with Crippen LogP contribution in [0.4, 0.5) is 0 Å². The van der Waals surface area contributed by atoms with Crippen molar-refractivity contribution in [3.05, 3.63) is 327 Å². The SMILES string of the molecule is O=C(c1nc(-c2cc(-c3ccccc3)cc(-c3ccccc3)c2)nc(-c2cc(-c3ccccc3)cc(-c3ccccc3)c2)n1)c1nc(-c2cc(-c3ccccc3)cc(-c3ccccc3)c2)nc(-c2cc(-c3ccccc3)cc(-c3ccccc3)c2)n1. The average molecular weight is 1100 g/mol. The summed E-state index contributed by atoms with van der Waals surface area (Å²) in [7, 11) is 0. The summed E-state index contributed by atoms with van der Waals surface area (Å²) in [4.78, 5) is 47.6. The molecule has 12 aromatic carbocycles. The normalized spacial score (nSPS) is 11.1. The number of rotatable bonds is 14. The predicted molar refractivity (Wildman–Crippen MR) is 348 cm³/mol. The summed E-state index contributed by atoms with van der Waals surface area (Å²) in [6, 6.07) is 107. The lowest BCUT2D eigenvalue weighted by molar-refractivity contribution is 0.101.